The highest BCUT2D eigenvalue weighted by atomic mass is 35.5. The second-order valence-electron chi connectivity index (χ2n) is 7.75. The van der Waals surface area contributed by atoms with E-state index in [0.717, 1.165) is 48.7 Å². The lowest BCUT2D eigenvalue weighted by molar-refractivity contribution is 0.552. The molecule has 0 bridgehead atoms. The van der Waals surface area contributed by atoms with E-state index in [2.05, 4.69) is 65.4 Å². The zero-order chi connectivity index (χ0) is 18.0. The maximum absolute atomic E-state index is 4.66. The molecule has 0 aliphatic carbocycles. The summed E-state index contributed by atoms with van der Waals surface area (Å²) in [6, 6.07) is 4.15. The quantitative estimate of drug-likeness (QED) is 0.646. The number of nitrogens with zero attached hydrogens (tertiary/aromatic N) is 4. The van der Waals surface area contributed by atoms with Crippen molar-refractivity contribution in [3.8, 4) is 0 Å². The van der Waals surface area contributed by atoms with Crippen LogP contribution in [0.2, 0.25) is 0 Å². The number of nitrogens with one attached hydrogen (secondary N) is 2. The predicted octanol–water partition coefficient (Wildman–Crippen LogP) is 3.51. The molecule has 6 nitrogen and oxygen atoms in total. The smallest absolute Gasteiger partial charge is 0.155 e. The Bertz CT molecular complexity index is 859. The van der Waals surface area contributed by atoms with Gasteiger partial charge in [0.15, 0.2) is 5.65 Å². The number of hydrogen-bond donors (Lipinski definition) is 2. The van der Waals surface area contributed by atoms with Gasteiger partial charge in [-0.2, -0.15) is 10.2 Å². The van der Waals surface area contributed by atoms with Crippen molar-refractivity contribution in [2.75, 3.05) is 6.54 Å². The Morgan fingerprint density at radius 2 is 1.96 bits per heavy atom. The molecule has 0 aliphatic rings. The average molecular weight is 377 g/mol. The van der Waals surface area contributed by atoms with Crippen molar-refractivity contribution in [1.29, 1.82) is 0 Å². The number of aromatic amines is 1. The fraction of sp³-hybridized carbons (Fsp3) is 0.526. The van der Waals surface area contributed by atoms with Gasteiger partial charge in [0.05, 0.1) is 11.9 Å². The van der Waals surface area contributed by atoms with E-state index >= 15 is 0 Å². The van der Waals surface area contributed by atoms with Gasteiger partial charge in [0.2, 0.25) is 0 Å². The van der Waals surface area contributed by atoms with Crippen LogP contribution in [0, 0.1) is 13.8 Å². The summed E-state index contributed by atoms with van der Waals surface area (Å²) in [6.45, 7) is 12.5. The van der Waals surface area contributed by atoms with Crippen LogP contribution in [-0.4, -0.2) is 31.3 Å². The molecule has 7 heteroatoms. The molecular formula is C19H29ClN6. The molecule has 0 aromatic carbocycles. The topological polar surface area (TPSA) is 70.9 Å². The Morgan fingerprint density at radius 3 is 2.69 bits per heavy atom. The van der Waals surface area contributed by atoms with E-state index in [-0.39, 0.29) is 17.8 Å². The average Bonchev–Trinajstić information content (AvgIpc) is 3.13. The second kappa shape index (κ2) is 8.18. The number of hydrogen-bond acceptors (Lipinski definition) is 4. The van der Waals surface area contributed by atoms with E-state index in [9.17, 15) is 0 Å². The van der Waals surface area contributed by atoms with Crippen LogP contribution >= 0.6 is 12.4 Å². The van der Waals surface area contributed by atoms with Gasteiger partial charge < -0.3 is 5.32 Å². The zero-order valence-electron chi connectivity index (χ0n) is 16.3. The number of aryl methyl sites for hydroxylation is 3. The lowest BCUT2D eigenvalue weighted by atomic mass is 9.89. The first-order valence-corrected chi connectivity index (χ1v) is 8.91. The molecule has 0 unspecified atom stereocenters. The zero-order valence-corrected chi connectivity index (χ0v) is 17.1. The highest BCUT2D eigenvalue weighted by Gasteiger charge is 2.19. The Labute approximate surface area is 161 Å². The number of rotatable bonds is 6. The van der Waals surface area contributed by atoms with Crippen LogP contribution in [-0.2, 0) is 18.4 Å². The lowest BCUT2D eigenvalue weighted by Gasteiger charge is -2.18. The monoisotopic (exact) mass is 376 g/mol. The van der Waals surface area contributed by atoms with Crippen LogP contribution in [0.3, 0.4) is 0 Å². The van der Waals surface area contributed by atoms with Crippen LogP contribution in [0.4, 0.5) is 0 Å². The Hall–Kier alpha value is -1.92. The van der Waals surface area contributed by atoms with Gasteiger partial charge in [0.25, 0.3) is 0 Å². The second-order valence-corrected chi connectivity index (χ2v) is 7.75. The molecule has 3 aromatic rings. The molecule has 3 aromatic heterocycles. The first-order valence-electron chi connectivity index (χ1n) is 8.91. The van der Waals surface area contributed by atoms with Gasteiger partial charge in [0.1, 0.15) is 0 Å². The summed E-state index contributed by atoms with van der Waals surface area (Å²) in [5.41, 5.74) is 6.74. The molecule has 0 atom stereocenters. The van der Waals surface area contributed by atoms with E-state index in [1.807, 2.05) is 17.6 Å². The molecule has 142 valence electrons. The third kappa shape index (κ3) is 4.62. The molecule has 3 heterocycles. The van der Waals surface area contributed by atoms with Crippen LogP contribution in [0.1, 0.15) is 55.5 Å². The van der Waals surface area contributed by atoms with Gasteiger partial charge in [-0.25, -0.2) is 9.50 Å². The fourth-order valence-electron chi connectivity index (χ4n) is 3.17. The van der Waals surface area contributed by atoms with Gasteiger partial charge in [-0.05, 0) is 39.3 Å². The van der Waals surface area contributed by atoms with E-state index < -0.39 is 0 Å². The van der Waals surface area contributed by atoms with E-state index in [1.54, 1.807) is 0 Å². The summed E-state index contributed by atoms with van der Waals surface area (Å²) in [7, 11) is 0. The van der Waals surface area contributed by atoms with Crippen LogP contribution in [0.25, 0.3) is 5.65 Å². The summed E-state index contributed by atoms with van der Waals surface area (Å²) in [4.78, 5) is 4.54. The third-order valence-corrected chi connectivity index (χ3v) is 4.35. The van der Waals surface area contributed by atoms with Gasteiger partial charge in [-0.15, -0.1) is 12.4 Å². The number of halogens is 1. The molecule has 0 amide bonds. The summed E-state index contributed by atoms with van der Waals surface area (Å²) in [5.74, 6) is 0. The van der Waals surface area contributed by atoms with Crippen molar-refractivity contribution in [3.05, 3.63) is 46.7 Å². The van der Waals surface area contributed by atoms with Crippen molar-refractivity contribution in [3.63, 3.8) is 0 Å². The summed E-state index contributed by atoms with van der Waals surface area (Å²) < 4.78 is 1.93. The standard InChI is InChI=1S/C19H28N6.ClH/c1-13-9-14(2)25-17(22-13)10-16(24-25)7-6-8-20-11-15-12-21-23-18(15)19(3,4)5;/h9-10,12,20H,6-8,11H2,1-5H3,(H,21,23);1H. The minimum atomic E-state index is 0. The summed E-state index contributed by atoms with van der Waals surface area (Å²) in [5, 5.41) is 15.5. The molecular weight excluding hydrogens is 348 g/mol. The lowest BCUT2D eigenvalue weighted by Crippen LogP contribution is -2.20. The first kappa shape index (κ1) is 20.4. The summed E-state index contributed by atoms with van der Waals surface area (Å²) >= 11 is 0. The van der Waals surface area contributed by atoms with Crippen molar-refractivity contribution >= 4 is 18.1 Å². The Balaban J connectivity index is 0.00000243. The minimum absolute atomic E-state index is 0. The SMILES string of the molecule is Cc1cc(C)n2nc(CCCNCc3cn[nH]c3C(C)(C)C)cc2n1.Cl. The Morgan fingerprint density at radius 1 is 1.19 bits per heavy atom. The van der Waals surface area contributed by atoms with Gasteiger partial charge in [-0.3, -0.25) is 5.10 Å². The van der Waals surface area contributed by atoms with E-state index in [0.29, 0.717) is 0 Å². The molecule has 0 radical (unpaired) electrons. The molecule has 0 saturated carbocycles. The third-order valence-electron chi connectivity index (χ3n) is 4.35. The van der Waals surface area contributed by atoms with Crippen molar-refractivity contribution in [2.24, 2.45) is 0 Å². The summed E-state index contributed by atoms with van der Waals surface area (Å²) in [6.07, 6.45) is 3.92. The number of aromatic nitrogens is 5. The molecule has 3 rings (SSSR count). The molecule has 26 heavy (non-hydrogen) atoms. The van der Waals surface area contributed by atoms with Crippen molar-refractivity contribution in [2.45, 2.75) is 59.4 Å². The normalized spacial score (nSPS) is 11.7. The molecule has 0 spiro atoms. The largest absolute Gasteiger partial charge is 0.313 e. The minimum Gasteiger partial charge on any atom is -0.313 e. The molecule has 0 aliphatic heterocycles. The Kier molecular flexibility index (Phi) is 6.42. The molecule has 0 fully saturated rings. The number of fused-ring (bicyclic) bond motifs is 1. The van der Waals surface area contributed by atoms with Crippen LogP contribution in [0.5, 0.6) is 0 Å². The van der Waals surface area contributed by atoms with Crippen molar-refractivity contribution < 1.29 is 0 Å². The van der Waals surface area contributed by atoms with E-state index in [1.165, 1.54) is 11.3 Å². The first-order chi connectivity index (χ1) is 11.8. The van der Waals surface area contributed by atoms with Crippen LogP contribution < -0.4 is 5.32 Å². The maximum Gasteiger partial charge on any atom is 0.155 e. The van der Waals surface area contributed by atoms with Gasteiger partial charge in [0, 0.05) is 40.7 Å². The molecule has 2 N–H and O–H groups in total. The molecule has 0 saturated heterocycles. The van der Waals surface area contributed by atoms with Gasteiger partial charge >= 0.3 is 0 Å². The van der Waals surface area contributed by atoms with Crippen LogP contribution in [0.15, 0.2) is 18.3 Å². The van der Waals surface area contributed by atoms with Crippen molar-refractivity contribution in [1.82, 2.24) is 30.1 Å². The fourth-order valence-corrected chi connectivity index (χ4v) is 3.17. The number of H-pyrrole nitrogens is 1. The highest BCUT2D eigenvalue weighted by molar-refractivity contribution is 5.85. The van der Waals surface area contributed by atoms with Gasteiger partial charge in [-0.1, -0.05) is 20.8 Å². The predicted molar refractivity (Wildman–Crippen MR) is 107 cm³/mol. The highest BCUT2D eigenvalue weighted by Crippen LogP contribution is 2.23. The van der Waals surface area contributed by atoms with E-state index in [4.69, 9.17) is 0 Å². The maximum atomic E-state index is 4.66.